The van der Waals surface area contributed by atoms with Gasteiger partial charge >= 0.3 is 0 Å². The molecule has 146 valence electrons. The largest absolute Gasteiger partial charge is 0.352 e. The molecule has 6 heteroatoms. The van der Waals surface area contributed by atoms with Crippen LogP contribution in [0.4, 0.5) is 0 Å². The third kappa shape index (κ3) is 5.65. The van der Waals surface area contributed by atoms with Gasteiger partial charge in [0.2, 0.25) is 5.91 Å². The van der Waals surface area contributed by atoms with Crippen molar-refractivity contribution in [3.8, 4) is 0 Å². The molecule has 0 aliphatic carbocycles. The van der Waals surface area contributed by atoms with Gasteiger partial charge in [-0.25, -0.2) is 0 Å². The number of amides is 2. The predicted molar refractivity (Wildman–Crippen MR) is 111 cm³/mol. The SMILES string of the molecule is Cc1ccccc1C(=O)NC(C(=O)NCC(c1ccsc1)N(C)C)C(C)C. The lowest BCUT2D eigenvalue weighted by Crippen LogP contribution is -2.51. The smallest absolute Gasteiger partial charge is 0.252 e. The lowest BCUT2D eigenvalue weighted by molar-refractivity contribution is -0.124. The summed E-state index contributed by atoms with van der Waals surface area (Å²) in [5.41, 5.74) is 2.67. The van der Waals surface area contributed by atoms with E-state index in [2.05, 4.69) is 27.0 Å². The van der Waals surface area contributed by atoms with E-state index < -0.39 is 6.04 Å². The number of rotatable bonds is 8. The number of thiophene rings is 1. The molecule has 1 aromatic heterocycles. The van der Waals surface area contributed by atoms with Gasteiger partial charge in [0, 0.05) is 12.1 Å². The number of carbonyl (C=O) groups is 2. The zero-order valence-electron chi connectivity index (χ0n) is 16.7. The predicted octanol–water partition coefficient (Wildman–Crippen LogP) is 3.23. The molecule has 5 nitrogen and oxygen atoms in total. The molecule has 0 aliphatic heterocycles. The van der Waals surface area contributed by atoms with Crippen LogP contribution in [-0.2, 0) is 4.79 Å². The third-order valence-corrected chi connectivity index (χ3v) is 5.35. The van der Waals surface area contributed by atoms with Crippen molar-refractivity contribution in [1.29, 1.82) is 0 Å². The minimum absolute atomic E-state index is 0.0167. The zero-order valence-corrected chi connectivity index (χ0v) is 17.5. The molecule has 0 fully saturated rings. The van der Waals surface area contributed by atoms with Gasteiger partial charge in [-0.1, -0.05) is 32.0 Å². The first-order chi connectivity index (χ1) is 12.8. The minimum Gasteiger partial charge on any atom is -0.352 e. The summed E-state index contributed by atoms with van der Waals surface area (Å²) >= 11 is 1.64. The van der Waals surface area contributed by atoms with Crippen molar-refractivity contribution in [2.75, 3.05) is 20.6 Å². The minimum atomic E-state index is -0.581. The Balaban J connectivity index is 2.04. The number of hydrogen-bond donors (Lipinski definition) is 2. The number of hydrogen-bond acceptors (Lipinski definition) is 4. The summed E-state index contributed by atoms with van der Waals surface area (Å²) in [6, 6.07) is 8.98. The molecule has 0 saturated carbocycles. The molecule has 2 unspecified atom stereocenters. The van der Waals surface area contributed by atoms with Gasteiger partial charge in [-0.3, -0.25) is 9.59 Å². The number of benzene rings is 1. The van der Waals surface area contributed by atoms with Crippen LogP contribution in [0.15, 0.2) is 41.1 Å². The van der Waals surface area contributed by atoms with Gasteiger partial charge in [0.25, 0.3) is 5.91 Å². The average Bonchev–Trinajstić information content (AvgIpc) is 3.13. The van der Waals surface area contributed by atoms with Crippen LogP contribution in [0.3, 0.4) is 0 Å². The molecule has 0 radical (unpaired) electrons. The first-order valence-corrected chi connectivity index (χ1v) is 10.1. The molecule has 2 rings (SSSR count). The molecule has 2 N–H and O–H groups in total. The van der Waals surface area contributed by atoms with Gasteiger partial charge in [-0.05, 0) is 61.0 Å². The van der Waals surface area contributed by atoms with Crippen LogP contribution in [0.5, 0.6) is 0 Å². The van der Waals surface area contributed by atoms with Crippen molar-refractivity contribution in [1.82, 2.24) is 15.5 Å². The molecule has 1 heterocycles. The van der Waals surface area contributed by atoms with E-state index in [1.54, 1.807) is 17.4 Å². The molecule has 1 aromatic carbocycles. The Morgan fingerprint density at radius 3 is 2.41 bits per heavy atom. The summed E-state index contributed by atoms with van der Waals surface area (Å²) in [6.07, 6.45) is 0. The maximum Gasteiger partial charge on any atom is 0.252 e. The zero-order chi connectivity index (χ0) is 20.0. The number of carbonyl (C=O) groups excluding carboxylic acids is 2. The van der Waals surface area contributed by atoms with E-state index in [1.807, 2.05) is 58.4 Å². The fraction of sp³-hybridized carbons (Fsp3) is 0.429. The number of nitrogens with one attached hydrogen (secondary N) is 2. The lowest BCUT2D eigenvalue weighted by atomic mass is 10.0. The van der Waals surface area contributed by atoms with Crippen LogP contribution in [0.2, 0.25) is 0 Å². The second kappa shape index (κ2) is 9.67. The van der Waals surface area contributed by atoms with E-state index in [9.17, 15) is 9.59 Å². The summed E-state index contributed by atoms with van der Waals surface area (Å²) in [4.78, 5) is 27.5. The van der Waals surface area contributed by atoms with Crippen molar-refractivity contribution in [3.63, 3.8) is 0 Å². The summed E-state index contributed by atoms with van der Waals surface area (Å²) < 4.78 is 0. The van der Waals surface area contributed by atoms with E-state index in [-0.39, 0.29) is 23.8 Å². The summed E-state index contributed by atoms with van der Waals surface area (Å²) in [5, 5.41) is 10.0. The van der Waals surface area contributed by atoms with Crippen LogP contribution < -0.4 is 10.6 Å². The van der Waals surface area contributed by atoms with E-state index in [0.717, 1.165) is 5.56 Å². The van der Waals surface area contributed by atoms with Crippen molar-refractivity contribution in [2.45, 2.75) is 32.9 Å². The topological polar surface area (TPSA) is 61.4 Å². The van der Waals surface area contributed by atoms with E-state index in [4.69, 9.17) is 0 Å². The summed E-state index contributed by atoms with van der Waals surface area (Å²) in [5.74, 6) is -0.394. The maximum absolute atomic E-state index is 12.8. The van der Waals surface area contributed by atoms with Crippen molar-refractivity contribution >= 4 is 23.2 Å². The third-order valence-electron chi connectivity index (χ3n) is 4.65. The second-order valence-corrected chi connectivity index (χ2v) is 8.07. The summed E-state index contributed by atoms with van der Waals surface area (Å²) in [6.45, 7) is 6.25. The number of nitrogens with zero attached hydrogens (tertiary/aromatic N) is 1. The van der Waals surface area contributed by atoms with Crippen LogP contribution >= 0.6 is 11.3 Å². The van der Waals surface area contributed by atoms with Crippen LogP contribution in [-0.4, -0.2) is 43.4 Å². The quantitative estimate of drug-likeness (QED) is 0.731. The highest BCUT2D eigenvalue weighted by Crippen LogP contribution is 2.20. The Bertz CT molecular complexity index is 757. The van der Waals surface area contributed by atoms with Gasteiger partial charge in [-0.2, -0.15) is 11.3 Å². The Labute approximate surface area is 165 Å². The molecular formula is C21H29N3O2S. The molecular weight excluding hydrogens is 358 g/mol. The molecule has 0 spiro atoms. The Morgan fingerprint density at radius 2 is 1.85 bits per heavy atom. The van der Waals surface area contributed by atoms with E-state index in [1.165, 1.54) is 5.56 Å². The molecule has 2 atom stereocenters. The maximum atomic E-state index is 12.8. The Kier molecular flexibility index (Phi) is 7.56. The van der Waals surface area contributed by atoms with E-state index >= 15 is 0 Å². The lowest BCUT2D eigenvalue weighted by Gasteiger charge is -2.27. The second-order valence-electron chi connectivity index (χ2n) is 7.29. The number of likely N-dealkylation sites (N-methyl/N-ethyl adjacent to an activating group) is 1. The van der Waals surface area contributed by atoms with Crippen LogP contribution in [0.25, 0.3) is 0 Å². The van der Waals surface area contributed by atoms with Crippen molar-refractivity contribution < 1.29 is 9.59 Å². The molecule has 2 aromatic rings. The average molecular weight is 388 g/mol. The van der Waals surface area contributed by atoms with Gasteiger partial charge in [0.1, 0.15) is 6.04 Å². The molecule has 2 amide bonds. The van der Waals surface area contributed by atoms with Gasteiger partial charge in [0.15, 0.2) is 0 Å². The van der Waals surface area contributed by atoms with Gasteiger partial charge in [-0.15, -0.1) is 0 Å². The highest BCUT2D eigenvalue weighted by atomic mass is 32.1. The fourth-order valence-electron chi connectivity index (χ4n) is 2.95. The van der Waals surface area contributed by atoms with Crippen molar-refractivity contribution in [2.24, 2.45) is 5.92 Å². The van der Waals surface area contributed by atoms with Gasteiger partial charge < -0.3 is 15.5 Å². The Hall–Kier alpha value is -2.18. The van der Waals surface area contributed by atoms with Crippen LogP contribution in [0, 0.1) is 12.8 Å². The highest BCUT2D eigenvalue weighted by molar-refractivity contribution is 7.07. The Morgan fingerprint density at radius 1 is 1.15 bits per heavy atom. The first kappa shape index (κ1) is 21.1. The van der Waals surface area contributed by atoms with Gasteiger partial charge in [0.05, 0.1) is 6.04 Å². The fourth-order valence-corrected chi connectivity index (χ4v) is 3.66. The molecule has 0 aliphatic rings. The first-order valence-electron chi connectivity index (χ1n) is 9.14. The number of aryl methyl sites for hydroxylation is 1. The normalized spacial score (nSPS) is 13.4. The molecule has 0 bridgehead atoms. The summed E-state index contributed by atoms with van der Waals surface area (Å²) in [7, 11) is 3.99. The standard InChI is InChI=1S/C21H29N3O2S/c1-14(2)19(23-20(25)17-9-7-6-8-15(17)3)21(26)22-12-18(24(4)5)16-10-11-27-13-16/h6-11,13-14,18-19H,12H2,1-5H3,(H,22,26)(H,23,25). The molecule has 27 heavy (non-hydrogen) atoms. The van der Waals surface area contributed by atoms with Crippen molar-refractivity contribution in [3.05, 3.63) is 57.8 Å². The van der Waals surface area contributed by atoms with Crippen LogP contribution in [0.1, 0.15) is 41.4 Å². The highest BCUT2D eigenvalue weighted by Gasteiger charge is 2.26. The van der Waals surface area contributed by atoms with E-state index in [0.29, 0.717) is 12.1 Å². The molecule has 0 saturated heterocycles. The monoisotopic (exact) mass is 387 g/mol.